The van der Waals surface area contributed by atoms with Crippen molar-refractivity contribution >= 4 is 11.9 Å². The van der Waals surface area contributed by atoms with E-state index in [9.17, 15) is 4.79 Å². The largest absolute Gasteiger partial charge is 0.349 e. The maximum absolute atomic E-state index is 12.3. The van der Waals surface area contributed by atoms with Gasteiger partial charge < -0.3 is 10.2 Å². The van der Waals surface area contributed by atoms with E-state index in [1.54, 1.807) is 12.4 Å². The van der Waals surface area contributed by atoms with Crippen molar-refractivity contribution in [2.75, 3.05) is 11.4 Å². The Morgan fingerprint density at radius 2 is 1.80 bits per heavy atom. The lowest BCUT2D eigenvalue weighted by Gasteiger charge is -2.23. The number of anilines is 1. The summed E-state index contributed by atoms with van der Waals surface area (Å²) in [6.45, 7) is 3.64. The lowest BCUT2D eigenvalue weighted by molar-refractivity contribution is 0.0927. The summed E-state index contributed by atoms with van der Waals surface area (Å²) in [5.41, 5.74) is 1.75. The molecule has 0 radical (unpaired) electrons. The van der Waals surface area contributed by atoms with E-state index in [1.165, 1.54) is 24.8 Å². The van der Waals surface area contributed by atoms with Crippen LogP contribution in [0.25, 0.3) is 0 Å². The summed E-state index contributed by atoms with van der Waals surface area (Å²) in [4.78, 5) is 23.3. The Labute approximate surface area is 149 Å². The topological polar surface area (TPSA) is 58.1 Å². The highest BCUT2D eigenvalue weighted by molar-refractivity contribution is 5.93. The van der Waals surface area contributed by atoms with Gasteiger partial charge in [0, 0.05) is 31.5 Å². The van der Waals surface area contributed by atoms with Crippen LogP contribution in [0.3, 0.4) is 0 Å². The summed E-state index contributed by atoms with van der Waals surface area (Å²) in [6.07, 6.45) is 9.09. The zero-order valence-electron chi connectivity index (χ0n) is 14.8. The molecule has 1 fully saturated rings. The first kappa shape index (κ1) is 17.4. The van der Waals surface area contributed by atoms with E-state index >= 15 is 0 Å². The van der Waals surface area contributed by atoms with Crippen LogP contribution in [-0.2, 0) is 6.54 Å². The van der Waals surface area contributed by atoms with Gasteiger partial charge in [-0.2, -0.15) is 0 Å². The minimum atomic E-state index is -0.0652. The maximum Gasteiger partial charge on any atom is 0.254 e. The molecule has 1 aliphatic rings. The van der Waals surface area contributed by atoms with E-state index < -0.39 is 0 Å². The van der Waals surface area contributed by atoms with Crippen LogP contribution in [0.1, 0.15) is 54.9 Å². The first-order valence-corrected chi connectivity index (χ1v) is 9.18. The second-order valence-electron chi connectivity index (χ2n) is 6.58. The summed E-state index contributed by atoms with van der Waals surface area (Å²) in [5, 5.41) is 3.11. The second kappa shape index (κ2) is 8.60. The molecule has 1 aliphatic carbocycles. The normalized spacial score (nSPS) is 14.9. The Balaban J connectivity index is 1.62. The number of nitrogens with zero attached hydrogens (tertiary/aromatic N) is 3. The third-order valence-electron chi connectivity index (χ3n) is 4.72. The molecule has 1 N–H and O–H groups in total. The average molecular weight is 338 g/mol. The van der Waals surface area contributed by atoms with E-state index in [0.29, 0.717) is 17.6 Å². The Hall–Kier alpha value is -2.43. The smallest absolute Gasteiger partial charge is 0.254 e. The van der Waals surface area contributed by atoms with Crippen molar-refractivity contribution in [2.45, 2.75) is 51.6 Å². The molecule has 1 saturated carbocycles. The molecule has 0 atom stereocenters. The van der Waals surface area contributed by atoms with E-state index in [4.69, 9.17) is 0 Å². The molecular weight excluding hydrogens is 312 g/mol. The lowest BCUT2D eigenvalue weighted by atomic mass is 9.95. The molecule has 3 rings (SSSR count). The number of hydrogen-bond donors (Lipinski definition) is 1. The van der Waals surface area contributed by atoms with Gasteiger partial charge in [-0.05, 0) is 25.3 Å². The molecule has 0 saturated heterocycles. The maximum atomic E-state index is 12.3. The molecule has 1 heterocycles. The zero-order chi connectivity index (χ0) is 17.5. The first-order chi connectivity index (χ1) is 12.3. The van der Waals surface area contributed by atoms with Gasteiger partial charge in [0.1, 0.15) is 0 Å². The molecule has 0 bridgehead atoms. The average Bonchev–Trinajstić information content (AvgIpc) is 2.68. The highest BCUT2D eigenvalue weighted by Crippen LogP contribution is 2.18. The molecule has 1 aromatic carbocycles. The molecule has 0 aliphatic heterocycles. The molecule has 5 heteroatoms. The van der Waals surface area contributed by atoms with Crippen LogP contribution in [0.2, 0.25) is 0 Å². The van der Waals surface area contributed by atoms with Crippen LogP contribution in [0.4, 0.5) is 5.95 Å². The minimum Gasteiger partial charge on any atom is -0.349 e. The number of carbonyl (C=O) groups is 1. The van der Waals surface area contributed by atoms with Crippen LogP contribution in [-0.4, -0.2) is 28.5 Å². The van der Waals surface area contributed by atoms with E-state index in [2.05, 4.69) is 39.2 Å². The summed E-state index contributed by atoms with van der Waals surface area (Å²) >= 11 is 0. The number of hydrogen-bond acceptors (Lipinski definition) is 4. The Bertz CT molecular complexity index is 666. The molecule has 5 nitrogen and oxygen atoms in total. The quantitative estimate of drug-likeness (QED) is 0.875. The van der Waals surface area contributed by atoms with Gasteiger partial charge in [0.15, 0.2) is 0 Å². The Morgan fingerprint density at radius 1 is 1.12 bits per heavy atom. The van der Waals surface area contributed by atoms with Crippen molar-refractivity contribution in [3.63, 3.8) is 0 Å². The van der Waals surface area contributed by atoms with E-state index in [1.807, 2.05) is 18.2 Å². The van der Waals surface area contributed by atoms with Gasteiger partial charge in [-0.3, -0.25) is 4.79 Å². The third kappa shape index (κ3) is 4.78. The number of aromatic nitrogens is 2. The predicted octanol–water partition coefficient (Wildman–Crippen LogP) is 3.57. The fourth-order valence-corrected chi connectivity index (χ4v) is 3.25. The predicted molar refractivity (Wildman–Crippen MR) is 99.5 cm³/mol. The van der Waals surface area contributed by atoms with Crippen LogP contribution in [0.5, 0.6) is 0 Å². The zero-order valence-corrected chi connectivity index (χ0v) is 14.8. The standard InChI is InChI=1S/C20H26N4O/c1-2-24(15-16-9-5-3-6-10-16)20-21-13-17(14-22-20)19(25)23-18-11-7-4-8-12-18/h3,5-6,9-10,13-14,18H,2,4,7-8,11-12,15H2,1H3,(H,23,25). The SMILES string of the molecule is CCN(Cc1ccccc1)c1ncc(C(=O)NC2CCCCC2)cn1. The van der Waals surface area contributed by atoms with Crippen molar-refractivity contribution in [2.24, 2.45) is 0 Å². The van der Waals surface area contributed by atoms with Crippen molar-refractivity contribution in [3.05, 3.63) is 53.9 Å². The van der Waals surface area contributed by atoms with E-state index in [0.717, 1.165) is 25.9 Å². The number of nitrogens with one attached hydrogen (secondary N) is 1. The van der Waals surface area contributed by atoms with Gasteiger partial charge in [0.05, 0.1) is 5.56 Å². The lowest BCUT2D eigenvalue weighted by Crippen LogP contribution is -2.36. The van der Waals surface area contributed by atoms with Crippen molar-refractivity contribution in [1.29, 1.82) is 0 Å². The first-order valence-electron chi connectivity index (χ1n) is 9.18. The van der Waals surface area contributed by atoms with Crippen molar-refractivity contribution < 1.29 is 4.79 Å². The molecule has 1 aromatic heterocycles. The van der Waals surface area contributed by atoms with Crippen molar-refractivity contribution in [3.8, 4) is 0 Å². The third-order valence-corrected chi connectivity index (χ3v) is 4.72. The van der Waals surface area contributed by atoms with Gasteiger partial charge >= 0.3 is 0 Å². The Morgan fingerprint density at radius 3 is 2.44 bits per heavy atom. The number of benzene rings is 1. The molecule has 1 amide bonds. The fourth-order valence-electron chi connectivity index (χ4n) is 3.25. The number of rotatable bonds is 6. The van der Waals surface area contributed by atoms with E-state index in [-0.39, 0.29) is 5.91 Å². The second-order valence-corrected chi connectivity index (χ2v) is 6.58. The summed E-state index contributed by atoms with van der Waals surface area (Å²) < 4.78 is 0. The molecule has 0 spiro atoms. The number of carbonyl (C=O) groups excluding carboxylic acids is 1. The van der Waals surface area contributed by atoms with Crippen LogP contribution in [0.15, 0.2) is 42.7 Å². The summed E-state index contributed by atoms with van der Waals surface area (Å²) in [6, 6.07) is 10.6. The van der Waals surface area contributed by atoms with Gasteiger partial charge in [-0.25, -0.2) is 9.97 Å². The van der Waals surface area contributed by atoms with Crippen LogP contribution >= 0.6 is 0 Å². The monoisotopic (exact) mass is 338 g/mol. The van der Waals surface area contributed by atoms with Gasteiger partial charge in [-0.1, -0.05) is 49.6 Å². The highest BCUT2D eigenvalue weighted by atomic mass is 16.1. The summed E-state index contributed by atoms with van der Waals surface area (Å²) in [7, 11) is 0. The minimum absolute atomic E-state index is 0.0652. The van der Waals surface area contributed by atoms with Gasteiger partial charge in [0.25, 0.3) is 5.91 Å². The van der Waals surface area contributed by atoms with Gasteiger partial charge in [-0.15, -0.1) is 0 Å². The molecule has 0 unspecified atom stereocenters. The molecule has 132 valence electrons. The summed E-state index contributed by atoms with van der Waals surface area (Å²) in [5.74, 6) is 0.588. The van der Waals surface area contributed by atoms with Crippen LogP contribution < -0.4 is 10.2 Å². The number of amides is 1. The molecule has 25 heavy (non-hydrogen) atoms. The molecule has 2 aromatic rings. The molecular formula is C20H26N4O. The van der Waals surface area contributed by atoms with Crippen LogP contribution in [0, 0.1) is 0 Å². The van der Waals surface area contributed by atoms with Gasteiger partial charge in [0.2, 0.25) is 5.95 Å². The Kier molecular flexibility index (Phi) is 5.99. The fraction of sp³-hybridized carbons (Fsp3) is 0.450. The van der Waals surface area contributed by atoms with Crippen molar-refractivity contribution in [1.82, 2.24) is 15.3 Å². The highest BCUT2D eigenvalue weighted by Gasteiger charge is 2.17.